The Kier molecular flexibility index (Phi) is 5.28. The van der Waals surface area contributed by atoms with Crippen molar-refractivity contribution >= 4 is 5.84 Å². The average molecular weight is 249 g/mol. The van der Waals surface area contributed by atoms with Gasteiger partial charge in [-0.3, -0.25) is 9.98 Å². The molecule has 0 fully saturated rings. The van der Waals surface area contributed by atoms with Gasteiger partial charge >= 0.3 is 0 Å². The number of pyridine rings is 1. The topological polar surface area (TPSA) is 37.7 Å². The molecule has 0 aliphatic carbocycles. The van der Waals surface area contributed by atoms with E-state index in [9.17, 15) is 0 Å². The summed E-state index contributed by atoms with van der Waals surface area (Å²) >= 11 is 0. The maximum atomic E-state index is 5.62. The molecule has 0 radical (unpaired) electrons. The molecule has 1 aromatic heterocycles. The molecule has 0 bridgehead atoms. The van der Waals surface area contributed by atoms with E-state index in [2.05, 4.69) is 28.7 Å². The SMILES string of the molecule is CC/N=C(/c1cccnc1)N(C)C(C)(CC)OC. The van der Waals surface area contributed by atoms with Crippen LogP contribution in [0.4, 0.5) is 0 Å². The van der Waals surface area contributed by atoms with Gasteiger partial charge in [0.25, 0.3) is 0 Å². The summed E-state index contributed by atoms with van der Waals surface area (Å²) in [5, 5.41) is 0. The van der Waals surface area contributed by atoms with Crippen LogP contribution in [0.3, 0.4) is 0 Å². The first-order chi connectivity index (χ1) is 8.59. The van der Waals surface area contributed by atoms with Crippen LogP contribution in [-0.2, 0) is 4.74 Å². The van der Waals surface area contributed by atoms with E-state index < -0.39 is 0 Å². The van der Waals surface area contributed by atoms with Gasteiger partial charge in [0.15, 0.2) is 0 Å². The summed E-state index contributed by atoms with van der Waals surface area (Å²) in [7, 11) is 3.74. The zero-order valence-corrected chi connectivity index (χ0v) is 12.0. The third kappa shape index (κ3) is 3.07. The van der Waals surface area contributed by atoms with Crippen LogP contribution in [0.5, 0.6) is 0 Å². The van der Waals surface area contributed by atoms with Crippen LogP contribution in [0, 0.1) is 0 Å². The molecule has 0 spiro atoms. The molecule has 1 atom stereocenters. The third-order valence-corrected chi connectivity index (χ3v) is 3.35. The van der Waals surface area contributed by atoms with Crippen LogP contribution >= 0.6 is 0 Å². The lowest BCUT2D eigenvalue weighted by atomic mass is 10.1. The van der Waals surface area contributed by atoms with Gasteiger partial charge in [-0.05, 0) is 32.4 Å². The second-order valence-electron chi connectivity index (χ2n) is 4.33. The molecule has 4 nitrogen and oxygen atoms in total. The average Bonchev–Trinajstić information content (AvgIpc) is 2.44. The number of aromatic nitrogens is 1. The Balaban J connectivity index is 3.11. The van der Waals surface area contributed by atoms with Gasteiger partial charge in [-0.2, -0.15) is 0 Å². The van der Waals surface area contributed by atoms with Crippen molar-refractivity contribution in [3.63, 3.8) is 0 Å². The molecule has 100 valence electrons. The van der Waals surface area contributed by atoms with E-state index in [-0.39, 0.29) is 5.72 Å². The highest BCUT2D eigenvalue weighted by molar-refractivity contribution is 5.98. The van der Waals surface area contributed by atoms with Crippen molar-refractivity contribution < 1.29 is 4.74 Å². The molecular formula is C14H23N3O. The largest absolute Gasteiger partial charge is 0.359 e. The van der Waals surface area contributed by atoms with Crippen molar-refractivity contribution in [3.05, 3.63) is 30.1 Å². The van der Waals surface area contributed by atoms with Gasteiger partial charge in [0.05, 0.1) is 0 Å². The maximum absolute atomic E-state index is 5.62. The van der Waals surface area contributed by atoms with Crippen LogP contribution < -0.4 is 0 Å². The standard InChI is InChI=1S/C14H23N3O/c1-6-14(3,18-5)17(4)13(16-7-2)12-9-8-10-15-11-12/h8-11H,6-7H2,1-5H3/b16-13-. The van der Waals surface area contributed by atoms with E-state index >= 15 is 0 Å². The molecule has 1 rings (SSSR count). The van der Waals surface area contributed by atoms with Crippen molar-refractivity contribution in [1.82, 2.24) is 9.88 Å². The highest BCUT2D eigenvalue weighted by Crippen LogP contribution is 2.21. The van der Waals surface area contributed by atoms with Crippen molar-refractivity contribution in [2.24, 2.45) is 4.99 Å². The van der Waals surface area contributed by atoms with Crippen molar-refractivity contribution in [3.8, 4) is 0 Å². The number of rotatable bonds is 5. The molecule has 0 N–H and O–H groups in total. The smallest absolute Gasteiger partial charge is 0.138 e. The van der Waals surface area contributed by atoms with E-state index in [1.165, 1.54) is 0 Å². The summed E-state index contributed by atoms with van der Waals surface area (Å²) in [5.74, 6) is 0.914. The Morgan fingerprint density at radius 2 is 2.22 bits per heavy atom. The molecule has 1 aromatic rings. The van der Waals surface area contributed by atoms with Crippen LogP contribution in [0.1, 0.15) is 32.8 Å². The van der Waals surface area contributed by atoms with E-state index in [4.69, 9.17) is 4.74 Å². The Labute approximate surface area is 110 Å². The Morgan fingerprint density at radius 1 is 1.50 bits per heavy atom. The summed E-state index contributed by atoms with van der Waals surface area (Å²) in [5.41, 5.74) is 0.655. The first-order valence-electron chi connectivity index (χ1n) is 6.32. The minimum Gasteiger partial charge on any atom is -0.359 e. The zero-order chi connectivity index (χ0) is 13.6. The predicted octanol–water partition coefficient (Wildman–Crippen LogP) is 2.55. The molecule has 0 aromatic carbocycles. The maximum Gasteiger partial charge on any atom is 0.138 e. The molecule has 4 heteroatoms. The molecule has 0 aliphatic heterocycles. The number of amidine groups is 1. The number of hydrogen-bond acceptors (Lipinski definition) is 3. The second kappa shape index (κ2) is 6.50. The van der Waals surface area contributed by atoms with Crippen LogP contribution in [-0.4, -0.2) is 42.1 Å². The monoisotopic (exact) mass is 249 g/mol. The molecule has 0 aliphatic rings. The normalized spacial score (nSPS) is 15.3. The minimum absolute atomic E-state index is 0.357. The van der Waals surface area contributed by atoms with E-state index in [1.54, 1.807) is 13.3 Å². The molecular weight excluding hydrogens is 226 g/mol. The Morgan fingerprint density at radius 3 is 2.67 bits per heavy atom. The fraction of sp³-hybridized carbons (Fsp3) is 0.571. The Bertz CT molecular complexity index is 385. The lowest BCUT2D eigenvalue weighted by Gasteiger charge is -2.39. The predicted molar refractivity (Wildman–Crippen MR) is 74.8 cm³/mol. The lowest BCUT2D eigenvalue weighted by Crippen LogP contribution is -2.48. The van der Waals surface area contributed by atoms with E-state index in [0.29, 0.717) is 0 Å². The van der Waals surface area contributed by atoms with Gasteiger partial charge in [0.2, 0.25) is 0 Å². The fourth-order valence-electron chi connectivity index (χ4n) is 1.78. The van der Waals surface area contributed by atoms with Gasteiger partial charge in [0, 0.05) is 38.7 Å². The third-order valence-electron chi connectivity index (χ3n) is 3.35. The first-order valence-corrected chi connectivity index (χ1v) is 6.32. The van der Waals surface area contributed by atoms with Crippen molar-refractivity contribution in [2.75, 3.05) is 20.7 Å². The molecule has 0 saturated carbocycles. The highest BCUT2D eigenvalue weighted by Gasteiger charge is 2.29. The summed E-state index contributed by atoms with van der Waals surface area (Å²) in [6, 6.07) is 3.94. The summed E-state index contributed by atoms with van der Waals surface area (Å²) in [6.07, 6.45) is 4.47. The number of aliphatic imine (C=N–C) groups is 1. The fourth-order valence-corrected chi connectivity index (χ4v) is 1.78. The van der Waals surface area contributed by atoms with Crippen molar-refractivity contribution in [2.45, 2.75) is 32.9 Å². The quantitative estimate of drug-likeness (QED) is 0.457. The number of hydrogen-bond donors (Lipinski definition) is 0. The summed E-state index contributed by atoms with van der Waals surface area (Å²) in [4.78, 5) is 10.8. The van der Waals surface area contributed by atoms with Gasteiger partial charge in [0.1, 0.15) is 11.6 Å². The van der Waals surface area contributed by atoms with Gasteiger partial charge < -0.3 is 9.64 Å². The van der Waals surface area contributed by atoms with E-state index in [0.717, 1.165) is 24.4 Å². The number of methoxy groups -OCH3 is 1. The van der Waals surface area contributed by atoms with Gasteiger partial charge in [-0.1, -0.05) is 6.92 Å². The number of nitrogens with zero attached hydrogens (tertiary/aromatic N) is 3. The van der Waals surface area contributed by atoms with Crippen LogP contribution in [0.15, 0.2) is 29.5 Å². The summed E-state index contributed by atoms with van der Waals surface area (Å²) < 4.78 is 5.62. The van der Waals surface area contributed by atoms with Gasteiger partial charge in [-0.15, -0.1) is 0 Å². The molecule has 0 amide bonds. The molecule has 1 heterocycles. The number of ether oxygens (including phenoxy) is 1. The van der Waals surface area contributed by atoms with E-state index in [1.807, 2.05) is 32.3 Å². The van der Waals surface area contributed by atoms with Crippen LogP contribution in [0.2, 0.25) is 0 Å². The molecule has 0 saturated heterocycles. The minimum atomic E-state index is -0.357. The van der Waals surface area contributed by atoms with Gasteiger partial charge in [-0.25, -0.2) is 0 Å². The Hall–Kier alpha value is -1.42. The highest BCUT2D eigenvalue weighted by atomic mass is 16.5. The van der Waals surface area contributed by atoms with Crippen molar-refractivity contribution in [1.29, 1.82) is 0 Å². The summed E-state index contributed by atoms with van der Waals surface area (Å²) in [6.45, 7) is 6.93. The molecule has 1 unspecified atom stereocenters. The zero-order valence-electron chi connectivity index (χ0n) is 12.0. The molecule has 18 heavy (non-hydrogen) atoms. The first kappa shape index (κ1) is 14.6. The lowest BCUT2D eigenvalue weighted by molar-refractivity contribution is -0.0805. The second-order valence-corrected chi connectivity index (χ2v) is 4.33. The van der Waals surface area contributed by atoms with Crippen LogP contribution in [0.25, 0.3) is 0 Å².